The minimum Gasteiger partial charge on any atom is -0.482 e. The summed E-state index contributed by atoms with van der Waals surface area (Å²) in [5, 5.41) is 10.1. The first-order valence-corrected chi connectivity index (χ1v) is 6.80. The highest BCUT2D eigenvalue weighted by atomic mass is 16.6. The molecule has 0 saturated carbocycles. The number of rotatable bonds is 7. The predicted octanol–water partition coefficient (Wildman–Crippen LogP) is 1.74. The highest BCUT2D eigenvalue weighted by Gasteiger charge is 2.09. The summed E-state index contributed by atoms with van der Waals surface area (Å²) in [5.41, 5.74) is 2.96. The maximum Gasteiger partial charge on any atom is 0.344 e. The van der Waals surface area contributed by atoms with Gasteiger partial charge in [0.25, 0.3) is 0 Å². The molecule has 0 aliphatic rings. The number of hydrogen-bond donors (Lipinski definition) is 2. The number of hydrogen-bond acceptors (Lipinski definition) is 5. The molecule has 6 heteroatoms. The summed E-state index contributed by atoms with van der Waals surface area (Å²) >= 11 is 0. The van der Waals surface area contributed by atoms with Gasteiger partial charge in [0, 0.05) is 17.7 Å². The van der Waals surface area contributed by atoms with Crippen LogP contribution in [0.3, 0.4) is 0 Å². The molecule has 0 aliphatic heterocycles. The lowest BCUT2D eigenvalue weighted by Gasteiger charge is -2.08. The van der Waals surface area contributed by atoms with Crippen molar-refractivity contribution in [1.82, 2.24) is 15.5 Å². The van der Waals surface area contributed by atoms with E-state index in [1.54, 1.807) is 19.2 Å². The number of H-pyrrole nitrogens is 1. The average molecular weight is 289 g/mol. The zero-order chi connectivity index (χ0) is 15.1. The van der Waals surface area contributed by atoms with Crippen LogP contribution in [0.4, 0.5) is 0 Å². The molecule has 0 amide bonds. The molecule has 0 unspecified atom stereocenters. The minimum atomic E-state index is -0.375. The molecule has 0 fully saturated rings. The number of benzene rings is 1. The lowest BCUT2D eigenvalue weighted by molar-refractivity contribution is -0.145. The van der Waals surface area contributed by atoms with Gasteiger partial charge in [-0.1, -0.05) is 12.1 Å². The van der Waals surface area contributed by atoms with Crippen LogP contribution in [0.15, 0.2) is 30.5 Å². The second-order valence-corrected chi connectivity index (χ2v) is 4.42. The van der Waals surface area contributed by atoms with Crippen molar-refractivity contribution in [1.29, 1.82) is 0 Å². The highest BCUT2D eigenvalue weighted by molar-refractivity contribution is 5.71. The normalized spacial score (nSPS) is 10.4. The van der Waals surface area contributed by atoms with Crippen molar-refractivity contribution >= 4 is 5.97 Å². The third-order valence-corrected chi connectivity index (χ3v) is 2.87. The zero-order valence-corrected chi connectivity index (χ0v) is 12.2. The van der Waals surface area contributed by atoms with E-state index in [9.17, 15) is 4.79 Å². The summed E-state index contributed by atoms with van der Waals surface area (Å²) < 4.78 is 10.3. The smallest absolute Gasteiger partial charge is 0.344 e. The van der Waals surface area contributed by atoms with Crippen LogP contribution >= 0.6 is 0 Å². The van der Waals surface area contributed by atoms with E-state index in [2.05, 4.69) is 15.5 Å². The first kappa shape index (κ1) is 15.1. The standard InChI is InChI=1S/C15H19N3O3/c1-3-20-14(19)10-21-13-6-4-5-11(7-13)15-12(8-16-2)9-17-18-15/h4-7,9,16H,3,8,10H2,1-2H3,(H,17,18). The first-order valence-electron chi connectivity index (χ1n) is 6.80. The second kappa shape index (κ2) is 7.44. The molecule has 0 bridgehead atoms. The third-order valence-electron chi connectivity index (χ3n) is 2.87. The van der Waals surface area contributed by atoms with Crippen molar-refractivity contribution in [2.75, 3.05) is 20.3 Å². The van der Waals surface area contributed by atoms with Crippen LogP contribution in [0.1, 0.15) is 12.5 Å². The van der Waals surface area contributed by atoms with E-state index in [-0.39, 0.29) is 12.6 Å². The largest absolute Gasteiger partial charge is 0.482 e. The fraction of sp³-hybridized carbons (Fsp3) is 0.333. The minimum absolute atomic E-state index is 0.0936. The number of carbonyl (C=O) groups is 1. The van der Waals surface area contributed by atoms with Crippen LogP contribution in [-0.2, 0) is 16.1 Å². The summed E-state index contributed by atoms with van der Waals surface area (Å²) in [6.45, 7) is 2.74. The Hall–Kier alpha value is -2.34. The van der Waals surface area contributed by atoms with Gasteiger partial charge in [0.05, 0.1) is 18.5 Å². The molecule has 0 saturated heterocycles. The summed E-state index contributed by atoms with van der Waals surface area (Å²) in [6, 6.07) is 7.51. The Morgan fingerprint density at radius 3 is 3.05 bits per heavy atom. The van der Waals surface area contributed by atoms with Crippen LogP contribution in [0.25, 0.3) is 11.3 Å². The van der Waals surface area contributed by atoms with Crippen molar-refractivity contribution in [3.63, 3.8) is 0 Å². The molecule has 2 aromatic rings. The number of aromatic amines is 1. The van der Waals surface area contributed by atoms with Crippen LogP contribution in [-0.4, -0.2) is 36.4 Å². The van der Waals surface area contributed by atoms with E-state index in [0.717, 1.165) is 23.4 Å². The van der Waals surface area contributed by atoms with E-state index in [1.807, 2.05) is 25.2 Å². The lowest BCUT2D eigenvalue weighted by atomic mass is 10.1. The van der Waals surface area contributed by atoms with E-state index >= 15 is 0 Å². The van der Waals surface area contributed by atoms with E-state index < -0.39 is 0 Å². The Morgan fingerprint density at radius 2 is 2.29 bits per heavy atom. The third kappa shape index (κ3) is 4.06. The number of aromatic nitrogens is 2. The molecule has 1 aromatic carbocycles. The molecular formula is C15H19N3O3. The van der Waals surface area contributed by atoms with Crippen LogP contribution in [0.2, 0.25) is 0 Å². The van der Waals surface area contributed by atoms with Gasteiger partial charge in [-0.15, -0.1) is 0 Å². The predicted molar refractivity (Wildman–Crippen MR) is 78.9 cm³/mol. The molecule has 1 heterocycles. The van der Waals surface area contributed by atoms with E-state index in [4.69, 9.17) is 9.47 Å². The topological polar surface area (TPSA) is 76.2 Å². The quantitative estimate of drug-likeness (QED) is 0.759. The fourth-order valence-electron chi connectivity index (χ4n) is 1.97. The molecule has 0 radical (unpaired) electrons. The van der Waals surface area contributed by atoms with Gasteiger partial charge < -0.3 is 14.8 Å². The second-order valence-electron chi connectivity index (χ2n) is 4.42. The number of esters is 1. The lowest BCUT2D eigenvalue weighted by Crippen LogP contribution is -2.14. The maximum absolute atomic E-state index is 11.3. The Balaban J connectivity index is 2.10. The molecule has 1 aromatic heterocycles. The van der Waals surface area contributed by atoms with Crippen molar-refractivity contribution in [2.45, 2.75) is 13.5 Å². The van der Waals surface area contributed by atoms with Gasteiger partial charge in [0.1, 0.15) is 5.75 Å². The number of nitrogens with one attached hydrogen (secondary N) is 2. The van der Waals surface area contributed by atoms with E-state index in [0.29, 0.717) is 12.4 Å². The van der Waals surface area contributed by atoms with Crippen LogP contribution < -0.4 is 10.1 Å². The highest BCUT2D eigenvalue weighted by Crippen LogP contribution is 2.25. The Labute approximate surface area is 123 Å². The number of nitrogens with zero attached hydrogens (tertiary/aromatic N) is 1. The van der Waals surface area contributed by atoms with Gasteiger partial charge in [-0.05, 0) is 26.1 Å². The van der Waals surface area contributed by atoms with Gasteiger partial charge >= 0.3 is 5.97 Å². The Kier molecular flexibility index (Phi) is 5.34. The number of carbonyl (C=O) groups excluding carboxylic acids is 1. The van der Waals surface area contributed by atoms with Crippen LogP contribution in [0.5, 0.6) is 5.75 Å². The molecule has 2 N–H and O–H groups in total. The monoisotopic (exact) mass is 289 g/mol. The SMILES string of the molecule is CCOC(=O)COc1cccc(-c2[nH]ncc2CNC)c1. The van der Waals surface area contributed by atoms with Crippen molar-refractivity contribution in [3.8, 4) is 17.0 Å². The molecule has 112 valence electrons. The molecule has 0 aliphatic carbocycles. The first-order chi connectivity index (χ1) is 10.2. The molecule has 0 spiro atoms. The van der Waals surface area contributed by atoms with Gasteiger partial charge in [0.2, 0.25) is 0 Å². The van der Waals surface area contributed by atoms with E-state index in [1.165, 1.54) is 0 Å². The number of ether oxygens (including phenoxy) is 2. The van der Waals surface area contributed by atoms with Gasteiger partial charge in [0.15, 0.2) is 6.61 Å². The van der Waals surface area contributed by atoms with Crippen LogP contribution in [0, 0.1) is 0 Å². The van der Waals surface area contributed by atoms with Crippen molar-refractivity contribution < 1.29 is 14.3 Å². The molecule has 0 atom stereocenters. The molecule has 21 heavy (non-hydrogen) atoms. The molecule has 2 rings (SSSR count). The summed E-state index contributed by atoms with van der Waals surface area (Å²) in [7, 11) is 1.88. The summed E-state index contributed by atoms with van der Waals surface area (Å²) in [4.78, 5) is 11.3. The van der Waals surface area contributed by atoms with Gasteiger partial charge in [-0.3, -0.25) is 5.10 Å². The van der Waals surface area contributed by atoms with Gasteiger partial charge in [-0.25, -0.2) is 4.79 Å². The molecule has 6 nitrogen and oxygen atoms in total. The summed E-state index contributed by atoms with van der Waals surface area (Å²) in [5.74, 6) is 0.242. The van der Waals surface area contributed by atoms with Crippen molar-refractivity contribution in [3.05, 3.63) is 36.0 Å². The average Bonchev–Trinajstić information content (AvgIpc) is 2.94. The fourth-order valence-corrected chi connectivity index (χ4v) is 1.97. The molecular weight excluding hydrogens is 270 g/mol. The maximum atomic E-state index is 11.3. The summed E-state index contributed by atoms with van der Waals surface area (Å²) in [6.07, 6.45) is 1.79. The Morgan fingerprint density at radius 1 is 1.43 bits per heavy atom. The zero-order valence-electron chi connectivity index (χ0n) is 12.2. The Bertz CT molecular complexity index is 595. The van der Waals surface area contributed by atoms with Crippen molar-refractivity contribution in [2.24, 2.45) is 0 Å². The van der Waals surface area contributed by atoms with Gasteiger partial charge in [-0.2, -0.15) is 5.10 Å².